The molecule has 0 saturated heterocycles. The van der Waals surface area contributed by atoms with Gasteiger partial charge in [-0.25, -0.2) is 0 Å². The summed E-state index contributed by atoms with van der Waals surface area (Å²) in [6, 6.07) is 0. The Hall–Kier alpha value is -1.42. The standard InChI is InChI=1S/C18H30O8S2/c1-7-27-17(28-8-2)9-15(24-12(4)20)18(26-14(6)22)16(25-13(5)21)10-23-11(3)19/h15-18H,7-10H2,1-6H3. The van der Waals surface area contributed by atoms with Crippen LogP contribution in [-0.2, 0) is 38.1 Å². The molecule has 10 heteroatoms. The van der Waals surface area contributed by atoms with Crippen LogP contribution < -0.4 is 0 Å². The van der Waals surface area contributed by atoms with Gasteiger partial charge in [-0.3, -0.25) is 19.2 Å². The second-order valence-corrected chi connectivity index (χ2v) is 9.01. The number of rotatable bonds is 13. The molecule has 0 aliphatic rings. The van der Waals surface area contributed by atoms with Crippen molar-refractivity contribution in [2.45, 2.75) is 70.9 Å². The van der Waals surface area contributed by atoms with E-state index < -0.39 is 42.2 Å². The Balaban J connectivity index is 5.77. The van der Waals surface area contributed by atoms with E-state index >= 15 is 0 Å². The molecular formula is C18H30O8S2. The first-order valence-electron chi connectivity index (χ1n) is 8.98. The number of carbonyl (C=O) groups excluding carboxylic acids is 4. The molecule has 0 aromatic carbocycles. The predicted octanol–water partition coefficient (Wildman–Crippen LogP) is 2.57. The first kappa shape index (κ1) is 26.6. The lowest BCUT2D eigenvalue weighted by Crippen LogP contribution is -2.48. The Morgan fingerprint density at radius 2 is 1.18 bits per heavy atom. The molecule has 3 unspecified atom stereocenters. The van der Waals surface area contributed by atoms with Gasteiger partial charge in [-0.1, -0.05) is 13.8 Å². The summed E-state index contributed by atoms with van der Waals surface area (Å²) in [5.41, 5.74) is 0. The average Bonchev–Trinajstić information content (AvgIpc) is 2.55. The molecule has 162 valence electrons. The van der Waals surface area contributed by atoms with E-state index in [2.05, 4.69) is 0 Å². The molecule has 0 aliphatic carbocycles. The van der Waals surface area contributed by atoms with Gasteiger partial charge in [-0.2, -0.15) is 0 Å². The van der Waals surface area contributed by atoms with Crippen LogP contribution in [0.1, 0.15) is 48.0 Å². The van der Waals surface area contributed by atoms with E-state index in [-0.39, 0.29) is 11.2 Å². The molecular weight excluding hydrogens is 408 g/mol. The monoisotopic (exact) mass is 438 g/mol. The molecule has 0 radical (unpaired) electrons. The number of thioether (sulfide) groups is 2. The van der Waals surface area contributed by atoms with Crippen LogP contribution in [0.25, 0.3) is 0 Å². The van der Waals surface area contributed by atoms with Crippen LogP contribution in [0.4, 0.5) is 0 Å². The lowest BCUT2D eigenvalue weighted by molar-refractivity contribution is -0.189. The zero-order valence-electron chi connectivity index (χ0n) is 17.2. The third kappa shape index (κ3) is 12.1. The average molecular weight is 439 g/mol. The maximum absolute atomic E-state index is 11.7. The maximum Gasteiger partial charge on any atom is 0.303 e. The van der Waals surface area contributed by atoms with E-state index in [0.717, 1.165) is 11.5 Å². The van der Waals surface area contributed by atoms with Gasteiger partial charge in [0.2, 0.25) is 0 Å². The number of hydrogen-bond acceptors (Lipinski definition) is 10. The van der Waals surface area contributed by atoms with Gasteiger partial charge in [0.05, 0.1) is 4.58 Å². The summed E-state index contributed by atoms with van der Waals surface area (Å²) >= 11 is 3.35. The lowest BCUT2D eigenvalue weighted by atomic mass is 10.1. The highest BCUT2D eigenvalue weighted by molar-refractivity contribution is 8.16. The van der Waals surface area contributed by atoms with E-state index in [1.807, 2.05) is 13.8 Å². The van der Waals surface area contributed by atoms with Gasteiger partial charge in [-0.15, -0.1) is 23.5 Å². The summed E-state index contributed by atoms with van der Waals surface area (Å²) in [6.45, 7) is 8.56. The summed E-state index contributed by atoms with van der Waals surface area (Å²) < 4.78 is 21.1. The van der Waals surface area contributed by atoms with E-state index in [4.69, 9.17) is 18.9 Å². The summed E-state index contributed by atoms with van der Waals surface area (Å²) in [6.07, 6.45) is -2.72. The van der Waals surface area contributed by atoms with Crippen LogP contribution in [0.5, 0.6) is 0 Å². The molecule has 3 atom stereocenters. The minimum absolute atomic E-state index is 0.0733. The molecule has 0 aromatic heterocycles. The quantitative estimate of drug-likeness (QED) is 0.242. The fraction of sp³-hybridized carbons (Fsp3) is 0.778. The molecule has 0 spiro atoms. The van der Waals surface area contributed by atoms with Gasteiger partial charge >= 0.3 is 23.9 Å². The van der Waals surface area contributed by atoms with Crippen LogP contribution in [0.2, 0.25) is 0 Å². The van der Waals surface area contributed by atoms with Crippen molar-refractivity contribution in [2.75, 3.05) is 18.1 Å². The van der Waals surface area contributed by atoms with Gasteiger partial charge < -0.3 is 18.9 Å². The predicted molar refractivity (Wildman–Crippen MR) is 108 cm³/mol. The smallest absolute Gasteiger partial charge is 0.303 e. The van der Waals surface area contributed by atoms with Crippen molar-refractivity contribution in [1.29, 1.82) is 0 Å². The molecule has 8 nitrogen and oxygen atoms in total. The van der Waals surface area contributed by atoms with Crippen LogP contribution in [0.15, 0.2) is 0 Å². The fourth-order valence-corrected chi connectivity index (χ4v) is 5.00. The van der Waals surface area contributed by atoms with E-state index in [1.54, 1.807) is 23.5 Å². The molecule has 0 rings (SSSR count). The highest BCUT2D eigenvalue weighted by Crippen LogP contribution is 2.31. The first-order valence-corrected chi connectivity index (χ1v) is 11.1. The SMILES string of the molecule is CCSC(CC(OC(C)=O)C(OC(C)=O)C(COC(C)=O)OC(C)=O)SCC. The molecule has 0 fully saturated rings. The molecule has 0 saturated carbocycles. The zero-order chi connectivity index (χ0) is 21.7. The van der Waals surface area contributed by atoms with Gasteiger partial charge in [0.15, 0.2) is 12.2 Å². The Morgan fingerprint density at radius 3 is 1.57 bits per heavy atom. The van der Waals surface area contributed by atoms with Crippen molar-refractivity contribution >= 4 is 47.4 Å². The topological polar surface area (TPSA) is 105 Å². The van der Waals surface area contributed by atoms with Crippen molar-refractivity contribution in [3.8, 4) is 0 Å². The highest BCUT2D eigenvalue weighted by atomic mass is 32.2. The molecule has 0 heterocycles. The fourth-order valence-electron chi connectivity index (χ4n) is 2.40. The Labute approximate surface area is 174 Å². The van der Waals surface area contributed by atoms with Crippen molar-refractivity contribution < 1.29 is 38.1 Å². The van der Waals surface area contributed by atoms with E-state index in [9.17, 15) is 19.2 Å². The molecule has 0 aromatic rings. The van der Waals surface area contributed by atoms with Crippen molar-refractivity contribution in [2.24, 2.45) is 0 Å². The van der Waals surface area contributed by atoms with Crippen molar-refractivity contribution in [3.05, 3.63) is 0 Å². The summed E-state index contributed by atoms with van der Waals surface area (Å²) in [4.78, 5) is 46.1. The van der Waals surface area contributed by atoms with Gasteiger partial charge in [0, 0.05) is 34.1 Å². The van der Waals surface area contributed by atoms with Crippen LogP contribution in [-0.4, -0.2) is 64.9 Å². The van der Waals surface area contributed by atoms with Gasteiger partial charge in [0.1, 0.15) is 12.7 Å². The molecule has 0 N–H and O–H groups in total. The third-order valence-corrected chi connectivity index (χ3v) is 5.86. The van der Waals surface area contributed by atoms with Crippen LogP contribution in [0, 0.1) is 0 Å². The van der Waals surface area contributed by atoms with E-state index in [1.165, 1.54) is 27.7 Å². The van der Waals surface area contributed by atoms with Crippen LogP contribution >= 0.6 is 23.5 Å². The Bertz CT molecular complexity index is 520. The third-order valence-electron chi connectivity index (χ3n) is 3.25. The Morgan fingerprint density at radius 1 is 0.714 bits per heavy atom. The molecule has 0 amide bonds. The first-order chi connectivity index (χ1) is 13.1. The Kier molecular flexibility index (Phi) is 13.8. The summed E-state index contributed by atoms with van der Waals surface area (Å²) in [7, 11) is 0. The van der Waals surface area contributed by atoms with Crippen molar-refractivity contribution in [1.82, 2.24) is 0 Å². The highest BCUT2D eigenvalue weighted by Gasteiger charge is 2.39. The van der Waals surface area contributed by atoms with Crippen LogP contribution in [0.3, 0.4) is 0 Å². The molecule has 28 heavy (non-hydrogen) atoms. The number of hydrogen-bond donors (Lipinski definition) is 0. The van der Waals surface area contributed by atoms with E-state index in [0.29, 0.717) is 6.42 Å². The number of ether oxygens (including phenoxy) is 4. The lowest BCUT2D eigenvalue weighted by Gasteiger charge is -2.33. The molecule has 0 bridgehead atoms. The number of carbonyl (C=O) groups is 4. The summed E-state index contributed by atoms with van der Waals surface area (Å²) in [5.74, 6) is -0.711. The maximum atomic E-state index is 11.7. The summed E-state index contributed by atoms with van der Waals surface area (Å²) in [5, 5.41) is 0. The number of esters is 4. The van der Waals surface area contributed by atoms with Gasteiger partial charge in [-0.05, 0) is 11.5 Å². The zero-order valence-corrected chi connectivity index (χ0v) is 18.9. The normalized spacial score (nSPS) is 14.0. The largest absolute Gasteiger partial charge is 0.462 e. The molecule has 0 aliphatic heterocycles. The second kappa shape index (κ2) is 14.6. The minimum Gasteiger partial charge on any atom is -0.462 e. The van der Waals surface area contributed by atoms with Gasteiger partial charge in [0.25, 0.3) is 0 Å². The minimum atomic E-state index is -1.11. The second-order valence-electron chi connectivity index (χ2n) is 5.75. The van der Waals surface area contributed by atoms with Crippen molar-refractivity contribution in [3.63, 3.8) is 0 Å².